The van der Waals surface area contributed by atoms with E-state index < -0.39 is 0 Å². The van der Waals surface area contributed by atoms with Gasteiger partial charge in [-0.1, -0.05) is 0 Å². The molecule has 0 radical (unpaired) electrons. The zero-order valence-corrected chi connectivity index (χ0v) is 8.45. The third-order valence-corrected chi connectivity index (χ3v) is 2.41. The first kappa shape index (κ1) is 9.43. The largest absolute Gasteiger partial charge is 0.332 e. The zero-order chi connectivity index (χ0) is 10.5. The molecule has 5 nitrogen and oxygen atoms in total. The molecule has 0 saturated heterocycles. The lowest BCUT2D eigenvalue weighted by Crippen LogP contribution is -1.96. The van der Waals surface area contributed by atoms with Gasteiger partial charge in [0.05, 0.1) is 5.00 Å². The summed E-state index contributed by atoms with van der Waals surface area (Å²) >= 11 is 1.58. The van der Waals surface area contributed by atoms with Gasteiger partial charge in [-0.2, -0.15) is 5.26 Å². The Morgan fingerprint density at radius 2 is 2.20 bits per heavy atom. The van der Waals surface area contributed by atoms with Gasteiger partial charge in [-0.25, -0.2) is 9.97 Å². The van der Waals surface area contributed by atoms with E-state index in [1.165, 1.54) is 6.33 Å². The predicted molar refractivity (Wildman–Crippen MR) is 58.9 cm³/mol. The van der Waals surface area contributed by atoms with Crippen LogP contribution in [-0.4, -0.2) is 9.97 Å². The van der Waals surface area contributed by atoms with E-state index in [-0.39, 0.29) is 0 Å². The summed E-state index contributed by atoms with van der Waals surface area (Å²) in [5.41, 5.74) is 0. The molecule has 0 atom stereocenters. The van der Waals surface area contributed by atoms with Crippen LogP contribution in [-0.2, 0) is 0 Å². The molecule has 0 aliphatic carbocycles. The zero-order valence-electron chi connectivity index (χ0n) is 7.64. The summed E-state index contributed by atoms with van der Waals surface area (Å²) in [6, 6.07) is 5.57. The number of rotatable bonds is 3. The second-order valence-electron chi connectivity index (χ2n) is 2.63. The molecule has 0 bridgehead atoms. The fraction of sp³-hybridized carbons (Fsp3) is 0. The number of thiophene rings is 1. The topological polar surface area (TPSA) is 73.6 Å². The minimum atomic E-state index is 0.478. The monoisotopic (exact) mass is 217 g/mol. The fourth-order valence-electron chi connectivity index (χ4n) is 1.03. The molecule has 0 saturated carbocycles. The molecule has 0 fully saturated rings. The highest BCUT2D eigenvalue weighted by molar-refractivity contribution is 7.14. The van der Waals surface area contributed by atoms with E-state index in [1.807, 2.05) is 17.5 Å². The quantitative estimate of drug-likeness (QED) is 0.609. The molecule has 2 N–H and O–H groups in total. The lowest BCUT2D eigenvalue weighted by atomic mass is 10.5. The lowest BCUT2D eigenvalue weighted by molar-refractivity contribution is 1.17. The number of hydrogen-bond acceptors (Lipinski definition) is 6. The van der Waals surface area contributed by atoms with Gasteiger partial charge in [-0.3, -0.25) is 5.32 Å². The van der Waals surface area contributed by atoms with Crippen molar-refractivity contribution in [1.82, 2.24) is 9.97 Å². The van der Waals surface area contributed by atoms with E-state index in [0.717, 1.165) is 5.00 Å². The first-order valence-corrected chi connectivity index (χ1v) is 5.04. The summed E-state index contributed by atoms with van der Waals surface area (Å²) in [5.74, 6) is 1.14. The molecule has 0 aromatic carbocycles. The van der Waals surface area contributed by atoms with Crippen molar-refractivity contribution in [3.8, 4) is 6.19 Å². The smallest absolute Gasteiger partial charge is 0.182 e. The van der Waals surface area contributed by atoms with Gasteiger partial charge in [0.1, 0.15) is 18.0 Å². The molecular formula is C9H7N5S. The van der Waals surface area contributed by atoms with Gasteiger partial charge >= 0.3 is 0 Å². The molecule has 6 heteroatoms. The van der Waals surface area contributed by atoms with E-state index in [1.54, 1.807) is 23.6 Å². The Labute approximate surface area is 90.4 Å². The van der Waals surface area contributed by atoms with Crippen LogP contribution in [0.25, 0.3) is 0 Å². The van der Waals surface area contributed by atoms with Crippen molar-refractivity contribution < 1.29 is 0 Å². The molecule has 2 aromatic rings. The molecule has 15 heavy (non-hydrogen) atoms. The second-order valence-corrected chi connectivity index (χ2v) is 3.58. The predicted octanol–water partition coefficient (Wildman–Crippen LogP) is 2.17. The normalized spacial score (nSPS) is 9.27. The number of hydrogen-bond donors (Lipinski definition) is 2. The summed E-state index contributed by atoms with van der Waals surface area (Å²) in [4.78, 5) is 7.91. The average Bonchev–Trinajstić information content (AvgIpc) is 2.71. The Kier molecular flexibility index (Phi) is 2.76. The van der Waals surface area contributed by atoms with Crippen molar-refractivity contribution in [2.75, 3.05) is 10.6 Å². The molecule has 74 valence electrons. The number of nitrogens with zero attached hydrogens (tertiary/aromatic N) is 3. The third-order valence-electron chi connectivity index (χ3n) is 1.62. The van der Waals surface area contributed by atoms with Crippen LogP contribution in [0.1, 0.15) is 0 Å². The highest BCUT2D eigenvalue weighted by Gasteiger charge is 1.98. The molecule has 0 aliphatic heterocycles. The highest BCUT2D eigenvalue weighted by atomic mass is 32.1. The van der Waals surface area contributed by atoms with E-state index in [2.05, 4.69) is 20.6 Å². The van der Waals surface area contributed by atoms with Crippen LogP contribution in [0.3, 0.4) is 0 Å². The van der Waals surface area contributed by atoms with Gasteiger partial charge < -0.3 is 5.32 Å². The highest BCUT2D eigenvalue weighted by Crippen LogP contribution is 2.20. The minimum Gasteiger partial charge on any atom is -0.332 e. The summed E-state index contributed by atoms with van der Waals surface area (Å²) < 4.78 is 0. The number of anilines is 3. The Morgan fingerprint density at radius 1 is 1.33 bits per heavy atom. The summed E-state index contributed by atoms with van der Waals surface area (Å²) in [6.07, 6.45) is 3.20. The number of nitriles is 1. The van der Waals surface area contributed by atoms with Gasteiger partial charge in [0.2, 0.25) is 0 Å². The van der Waals surface area contributed by atoms with Crippen LogP contribution in [0.2, 0.25) is 0 Å². The average molecular weight is 217 g/mol. The Balaban J connectivity index is 2.15. The van der Waals surface area contributed by atoms with E-state index in [9.17, 15) is 0 Å². The third kappa shape index (κ3) is 2.42. The maximum atomic E-state index is 8.43. The van der Waals surface area contributed by atoms with Gasteiger partial charge in [-0.05, 0) is 17.5 Å². The molecule has 2 heterocycles. The molecule has 0 unspecified atom stereocenters. The molecule has 0 amide bonds. The van der Waals surface area contributed by atoms with Gasteiger partial charge in [0, 0.05) is 6.07 Å². The van der Waals surface area contributed by atoms with Gasteiger partial charge in [-0.15, -0.1) is 11.3 Å². The van der Waals surface area contributed by atoms with Gasteiger partial charge in [0.25, 0.3) is 0 Å². The second kappa shape index (κ2) is 4.39. The lowest BCUT2D eigenvalue weighted by Gasteiger charge is -2.02. The van der Waals surface area contributed by atoms with Crippen molar-refractivity contribution in [3.63, 3.8) is 0 Å². The summed E-state index contributed by atoms with van der Waals surface area (Å²) in [5, 5.41) is 16.9. The van der Waals surface area contributed by atoms with Crippen molar-refractivity contribution >= 4 is 28.0 Å². The van der Waals surface area contributed by atoms with Crippen LogP contribution in [0, 0.1) is 11.5 Å². The molecular weight excluding hydrogens is 210 g/mol. The summed E-state index contributed by atoms with van der Waals surface area (Å²) in [6.45, 7) is 0. The Hall–Kier alpha value is -2.13. The Bertz CT molecular complexity index is 473. The number of nitrogens with one attached hydrogen (secondary N) is 2. The van der Waals surface area contributed by atoms with Crippen molar-refractivity contribution in [3.05, 3.63) is 29.9 Å². The molecule has 2 aromatic heterocycles. The van der Waals surface area contributed by atoms with Crippen molar-refractivity contribution in [1.29, 1.82) is 5.26 Å². The van der Waals surface area contributed by atoms with Crippen molar-refractivity contribution in [2.45, 2.75) is 0 Å². The first-order chi connectivity index (χ1) is 7.38. The fourth-order valence-corrected chi connectivity index (χ4v) is 1.65. The maximum absolute atomic E-state index is 8.43. The summed E-state index contributed by atoms with van der Waals surface area (Å²) in [7, 11) is 0. The minimum absolute atomic E-state index is 0.478. The van der Waals surface area contributed by atoms with E-state index >= 15 is 0 Å². The van der Waals surface area contributed by atoms with Crippen LogP contribution in [0.15, 0.2) is 29.9 Å². The SMILES string of the molecule is N#CNc1cc(Nc2cccs2)ncn1. The van der Waals surface area contributed by atoms with Crippen molar-refractivity contribution in [2.24, 2.45) is 0 Å². The van der Waals surface area contributed by atoms with Crippen LogP contribution in [0.4, 0.5) is 16.6 Å². The van der Waals surface area contributed by atoms with Crippen LogP contribution >= 0.6 is 11.3 Å². The standard InChI is InChI=1S/C9H7N5S/c10-5-11-7-4-8(13-6-12-7)14-9-2-1-3-15-9/h1-4,6H,(H2,11,12,13,14). The van der Waals surface area contributed by atoms with E-state index in [4.69, 9.17) is 5.26 Å². The van der Waals surface area contributed by atoms with Crippen LogP contribution < -0.4 is 10.6 Å². The molecule has 0 aliphatic rings. The number of aromatic nitrogens is 2. The molecule has 2 rings (SSSR count). The van der Waals surface area contributed by atoms with E-state index in [0.29, 0.717) is 11.6 Å². The maximum Gasteiger partial charge on any atom is 0.182 e. The first-order valence-electron chi connectivity index (χ1n) is 4.16. The molecule has 0 spiro atoms. The van der Waals surface area contributed by atoms with Gasteiger partial charge in [0.15, 0.2) is 6.19 Å². The Morgan fingerprint density at radius 3 is 2.93 bits per heavy atom. The van der Waals surface area contributed by atoms with Crippen LogP contribution in [0.5, 0.6) is 0 Å².